The molecule has 3 aromatic rings. The summed E-state index contributed by atoms with van der Waals surface area (Å²) in [6.45, 7) is 3.71. The van der Waals surface area contributed by atoms with Crippen molar-refractivity contribution in [3.8, 4) is 0 Å². The minimum Gasteiger partial charge on any atom is -0.340 e. The van der Waals surface area contributed by atoms with Crippen LogP contribution in [0.15, 0.2) is 28.8 Å². The molecule has 142 valence electrons. The molecule has 2 aromatic heterocycles. The number of aromatic nitrogens is 4. The van der Waals surface area contributed by atoms with Crippen molar-refractivity contribution < 1.29 is 9.32 Å². The standard InChI is InChI=1S/C19H24N6O2/c1-13-21-17(23-27-13)11-14-7-9-25(10-8-14)19(26)20-12-18-22-15-5-3-4-6-16(15)24(18)2/h3-6,14H,7-12H2,1-2H3,(H,20,26). The summed E-state index contributed by atoms with van der Waals surface area (Å²) in [4.78, 5) is 23.2. The zero-order valence-corrected chi connectivity index (χ0v) is 15.7. The average Bonchev–Trinajstić information content (AvgIpc) is 3.23. The number of piperidine rings is 1. The zero-order chi connectivity index (χ0) is 18.8. The molecule has 1 N–H and O–H groups in total. The van der Waals surface area contributed by atoms with Gasteiger partial charge in [0.05, 0.1) is 17.6 Å². The van der Waals surface area contributed by atoms with Gasteiger partial charge in [0, 0.05) is 33.5 Å². The quantitative estimate of drug-likeness (QED) is 0.764. The molecule has 8 nitrogen and oxygen atoms in total. The Morgan fingerprint density at radius 3 is 2.74 bits per heavy atom. The summed E-state index contributed by atoms with van der Waals surface area (Å²) in [5, 5.41) is 6.97. The van der Waals surface area contributed by atoms with Crippen LogP contribution >= 0.6 is 0 Å². The molecule has 0 spiro atoms. The number of imidazole rings is 1. The van der Waals surface area contributed by atoms with E-state index >= 15 is 0 Å². The fourth-order valence-corrected chi connectivity index (χ4v) is 3.64. The number of hydrogen-bond acceptors (Lipinski definition) is 5. The number of amides is 2. The maximum Gasteiger partial charge on any atom is 0.317 e. The molecule has 3 heterocycles. The highest BCUT2D eigenvalue weighted by Gasteiger charge is 2.24. The highest BCUT2D eigenvalue weighted by molar-refractivity contribution is 5.76. The second-order valence-electron chi connectivity index (χ2n) is 7.10. The van der Waals surface area contributed by atoms with Gasteiger partial charge in [0.2, 0.25) is 5.89 Å². The summed E-state index contributed by atoms with van der Waals surface area (Å²) in [6.07, 6.45) is 2.72. The first-order valence-corrected chi connectivity index (χ1v) is 9.32. The molecule has 1 aliphatic rings. The van der Waals surface area contributed by atoms with E-state index in [0.717, 1.165) is 55.0 Å². The van der Waals surface area contributed by atoms with E-state index < -0.39 is 0 Å². The van der Waals surface area contributed by atoms with Crippen molar-refractivity contribution in [1.82, 2.24) is 29.9 Å². The van der Waals surface area contributed by atoms with Gasteiger partial charge in [-0.3, -0.25) is 0 Å². The molecule has 1 aliphatic heterocycles. The molecular formula is C19H24N6O2. The third-order valence-corrected chi connectivity index (χ3v) is 5.22. The lowest BCUT2D eigenvalue weighted by molar-refractivity contribution is 0.169. The Morgan fingerprint density at radius 1 is 1.26 bits per heavy atom. The summed E-state index contributed by atoms with van der Waals surface area (Å²) in [5.74, 6) is 2.71. The van der Waals surface area contributed by atoms with Crippen molar-refractivity contribution >= 4 is 17.1 Å². The van der Waals surface area contributed by atoms with Crippen LogP contribution in [0.25, 0.3) is 11.0 Å². The van der Waals surface area contributed by atoms with Gasteiger partial charge in [-0.25, -0.2) is 9.78 Å². The van der Waals surface area contributed by atoms with E-state index in [1.54, 1.807) is 6.92 Å². The number of carbonyl (C=O) groups is 1. The van der Waals surface area contributed by atoms with Gasteiger partial charge in [-0.1, -0.05) is 17.3 Å². The summed E-state index contributed by atoms with van der Waals surface area (Å²) < 4.78 is 7.05. The highest BCUT2D eigenvalue weighted by atomic mass is 16.5. The molecule has 27 heavy (non-hydrogen) atoms. The van der Waals surface area contributed by atoms with E-state index in [-0.39, 0.29) is 6.03 Å². The number of aryl methyl sites for hydroxylation is 2. The van der Waals surface area contributed by atoms with Gasteiger partial charge in [-0.05, 0) is 30.9 Å². The molecule has 4 rings (SSSR count). The Morgan fingerprint density at radius 2 is 2.04 bits per heavy atom. The van der Waals surface area contributed by atoms with Crippen LogP contribution in [0.1, 0.15) is 30.4 Å². The van der Waals surface area contributed by atoms with Crippen molar-refractivity contribution in [3.63, 3.8) is 0 Å². The van der Waals surface area contributed by atoms with Crippen molar-refractivity contribution in [3.05, 3.63) is 41.8 Å². The molecule has 0 radical (unpaired) electrons. The van der Waals surface area contributed by atoms with Gasteiger partial charge in [0.1, 0.15) is 5.82 Å². The molecule has 1 fully saturated rings. The average molecular weight is 368 g/mol. The number of para-hydroxylation sites is 2. The summed E-state index contributed by atoms with van der Waals surface area (Å²) in [5.41, 5.74) is 2.01. The third-order valence-electron chi connectivity index (χ3n) is 5.22. The first-order valence-electron chi connectivity index (χ1n) is 9.32. The van der Waals surface area contributed by atoms with Gasteiger partial charge < -0.3 is 19.3 Å². The number of rotatable bonds is 4. The fraction of sp³-hybridized carbons (Fsp3) is 0.474. The Balaban J connectivity index is 1.28. The second kappa shape index (κ2) is 7.38. The van der Waals surface area contributed by atoms with Crippen LogP contribution in [-0.4, -0.2) is 43.7 Å². The first kappa shape index (κ1) is 17.5. The monoisotopic (exact) mass is 368 g/mol. The lowest BCUT2D eigenvalue weighted by Crippen LogP contribution is -2.44. The maximum absolute atomic E-state index is 12.5. The number of carbonyl (C=O) groups excluding carboxylic acids is 1. The Hall–Kier alpha value is -2.90. The number of benzene rings is 1. The predicted octanol–water partition coefficient (Wildman–Crippen LogP) is 2.43. The summed E-state index contributed by atoms with van der Waals surface area (Å²) >= 11 is 0. The maximum atomic E-state index is 12.5. The minimum atomic E-state index is -0.0316. The van der Waals surface area contributed by atoms with Crippen molar-refractivity contribution in [1.29, 1.82) is 0 Å². The Labute approximate surface area is 157 Å². The smallest absolute Gasteiger partial charge is 0.317 e. The van der Waals surface area contributed by atoms with Crippen LogP contribution in [0.4, 0.5) is 4.79 Å². The van der Waals surface area contributed by atoms with Crippen molar-refractivity contribution in [2.75, 3.05) is 13.1 Å². The van der Waals surface area contributed by atoms with E-state index in [9.17, 15) is 4.79 Å². The number of urea groups is 1. The van der Waals surface area contributed by atoms with E-state index in [0.29, 0.717) is 18.4 Å². The number of likely N-dealkylation sites (tertiary alicyclic amines) is 1. The van der Waals surface area contributed by atoms with E-state index in [2.05, 4.69) is 20.4 Å². The predicted molar refractivity (Wildman–Crippen MR) is 100.0 cm³/mol. The Bertz CT molecular complexity index is 939. The largest absolute Gasteiger partial charge is 0.340 e. The van der Waals surface area contributed by atoms with Gasteiger partial charge in [0.25, 0.3) is 0 Å². The van der Waals surface area contributed by atoms with Gasteiger partial charge in [-0.2, -0.15) is 4.98 Å². The van der Waals surface area contributed by atoms with Crippen LogP contribution in [0.2, 0.25) is 0 Å². The molecule has 0 atom stereocenters. The van der Waals surface area contributed by atoms with Gasteiger partial charge >= 0.3 is 6.03 Å². The molecule has 0 saturated carbocycles. The van der Waals surface area contributed by atoms with E-state index in [1.807, 2.05) is 40.8 Å². The van der Waals surface area contributed by atoms with Gasteiger partial charge in [0.15, 0.2) is 5.82 Å². The SMILES string of the molecule is Cc1nc(CC2CCN(C(=O)NCc3nc4ccccc4n3C)CC2)no1. The zero-order valence-electron chi connectivity index (χ0n) is 15.7. The van der Waals surface area contributed by atoms with Crippen LogP contribution in [-0.2, 0) is 20.0 Å². The highest BCUT2D eigenvalue weighted by Crippen LogP contribution is 2.21. The van der Waals surface area contributed by atoms with E-state index in [1.165, 1.54) is 0 Å². The topological polar surface area (TPSA) is 89.1 Å². The van der Waals surface area contributed by atoms with Crippen LogP contribution in [0.5, 0.6) is 0 Å². The molecule has 0 aliphatic carbocycles. The van der Waals surface area contributed by atoms with Crippen molar-refractivity contribution in [2.45, 2.75) is 32.7 Å². The third kappa shape index (κ3) is 3.79. The molecule has 1 aromatic carbocycles. The molecular weight excluding hydrogens is 344 g/mol. The van der Waals surface area contributed by atoms with Crippen LogP contribution < -0.4 is 5.32 Å². The normalized spacial score (nSPS) is 15.4. The second-order valence-corrected chi connectivity index (χ2v) is 7.10. The summed E-state index contributed by atoms with van der Waals surface area (Å²) in [7, 11) is 1.97. The molecule has 0 unspecified atom stereocenters. The lowest BCUT2D eigenvalue weighted by Gasteiger charge is -2.31. The van der Waals surface area contributed by atoms with Crippen LogP contribution in [0, 0.1) is 12.8 Å². The van der Waals surface area contributed by atoms with E-state index in [4.69, 9.17) is 4.52 Å². The number of nitrogens with one attached hydrogen (secondary N) is 1. The first-order chi connectivity index (χ1) is 13.1. The Kier molecular flexibility index (Phi) is 4.79. The van der Waals surface area contributed by atoms with Crippen LogP contribution in [0.3, 0.4) is 0 Å². The van der Waals surface area contributed by atoms with Crippen molar-refractivity contribution in [2.24, 2.45) is 13.0 Å². The molecule has 1 saturated heterocycles. The number of fused-ring (bicyclic) bond motifs is 1. The fourth-order valence-electron chi connectivity index (χ4n) is 3.64. The minimum absolute atomic E-state index is 0.0316. The number of nitrogens with zero attached hydrogens (tertiary/aromatic N) is 5. The van der Waals surface area contributed by atoms with Gasteiger partial charge in [-0.15, -0.1) is 0 Å². The molecule has 8 heteroatoms. The molecule has 2 amide bonds. The summed E-state index contributed by atoms with van der Waals surface area (Å²) in [6, 6.07) is 7.95. The number of hydrogen-bond donors (Lipinski definition) is 1. The molecule has 0 bridgehead atoms. The lowest BCUT2D eigenvalue weighted by atomic mass is 9.93.